The van der Waals surface area contributed by atoms with Crippen LogP contribution in [0.3, 0.4) is 0 Å². The molecule has 2 rings (SSSR count). The van der Waals surface area contributed by atoms with Crippen molar-refractivity contribution in [3.8, 4) is 11.4 Å². The number of carbonyl (C=O) groups is 1. The number of nitrogens with zero attached hydrogens (tertiary/aromatic N) is 2. The molecule has 0 aromatic carbocycles. The summed E-state index contributed by atoms with van der Waals surface area (Å²) in [6.07, 6.45) is 0. The maximum atomic E-state index is 10.5. The number of aromatic amines is 1. The second kappa shape index (κ2) is 2.99. The fourth-order valence-corrected chi connectivity index (χ4v) is 1.05. The molecule has 6 heteroatoms. The van der Waals surface area contributed by atoms with E-state index in [0.29, 0.717) is 11.4 Å². The maximum Gasteiger partial charge on any atom is 0.374 e. The largest absolute Gasteiger partial charge is 0.475 e. The van der Waals surface area contributed by atoms with Gasteiger partial charge in [-0.2, -0.15) is 5.10 Å². The van der Waals surface area contributed by atoms with Gasteiger partial charge in [0.15, 0.2) is 0 Å². The first-order valence-electron chi connectivity index (χ1n) is 3.89. The Morgan fingerprint density at radius 3 is 2.79 bits per heavy atom. The second-order valence-corrected chi connectivity index (χ2v) is 2.82. The fraction of sp³-hybridized carbons (Fsp3) is 0.125. The highest BCUT2D eigenvalue weighted by atomic mass is 16.5. The van der Waals surface area contributed by atoms with Gasteiger partial charge in [-0.25, -0.2) is 4.79 Å². The van der Waals surface area contributed by atoms with Crippen LogP contribution < -0.4 is 0 Å². The molecular weight excluding hydrogens is 186 g/mol. The number of hydrogen-bond donors (Lipinski definition) is 2. The average Bonchev–Trinajstić information content (AvgIpc) is 2.70. The third kappa shape index (κ3) is 1.37. The molecular formula is C8H7N3O3. The molecule has 0 bridgehead atoms. The van der Waals surface area contributed by atoms with Gasteiger partial charge in [-0.1, -0.05) is 5.16 Å². The summed E-state index contributed by atoms with van der Waals surface area (Å²) < 4.78 is 4.59. The lowest BCUT2D eigenvalue weighted by molar-refractivity contribution is 0.0652. The molecule has 2 heterocycles. The second-order valence-electron chi connectivity index (χ2n) is 2.82. The van der Waals surface area contributed by atoms with Gasteiger partial charge in [-0.05, 0) is 13.0 Å². The molecule has 0 fully saturated rings. The molecule has 2 N–H and O–H groups in total. The Kier molecular flexibility index (Phi) is 1.81. The van der Waals surface area contributed by atoms with Crippen LogP contribution in [0.2, 0.25) is 0 Å². The van der Waals surface area contributed by atoms with Crippen LogP contribution in [0.5, 0.6) is 0 Å². The van der Waals surface area contributed by atoms with Gasteiger partial charge in [0.2, 0.25) is 5.76 Å². The van der Waals surface area contributed by atoms with Crippen molar-refractivity contribution in [2.75, 3.05) is 0 Å². The lowest BCUT2D eigenvalue weighted by Gasteiger charge is -1.81. The van der Waals surface area contributed by atoms with Crippen LogP contribution in [-0.4, -0.2) is 26.4 Å². The molecule has 14 heavy (non-hydrogen) atoms. The van der Waals surface area contributed by atoms with Crippen molar-refractivity contribution in [2.24, 2.45) is 0 Å². The average molecular weight is 193 g/mol. The molecule has 0 aliphatic heterocycles. The fourth-order valence-electron chi connectivity index (χ4n) is 1.05. The molecule has 0 radical (unpaired) electrons. The van der Waals surface area contributed by atoms with Gasteiger partial charge in [-0.15, -0.1) is 0 Å². The Labute approximate surface area is 78.5 Å². The Bertz CT molecular complexity index is 472. The van der Waals surface area contributed by atoms with Crippen molar-refractivity contribution in [1.29, 1.82) is 0 Å². The molecule has 0 atom stereocenters. The number of hydrogen-bond acceptors (Lipinski definition) is 4. The Morgan fingerprint density at radius 2 is 2.29 bits per heavy atom. The van der Waals surface area contributed by atoms with Gasteiger partial charge < -0.3 is 9.63 Å². The van der Waals surface area contributed by atoms with E-state index in [4.69, 9.17) is 5.11 Å². The highest BCUT2D eigenvalue weighted by Gasteiger charge is 2.13. The molecule has 0 aliphatic carbocycles. The van der Waals surface area contributed by atoms with Crippen molar-refractivity contribution >= 4 is 5.97 Å². The third-order valence-electron chi connectivity index (χ3n) is 1.69. The summed E-state index contributed by atoms with van der Waals surface area (Å²) in [5.74, 6) is -1.34. The topological polar surface area (TPSA) is 92.0 Å². The maximum absolute atomic E-state index is 10.5. The van der Waals surface area contributed by atoms with Crippen LogP contribution in [0.4, 0.5) is 0 Å². The zero-order valence-corrected chi connectivity index (χ0v) is 7.31. The van der Waals surface area contributed by atoms with Crippen LogP contribution in [0, 0.1) is 6.92 Å². The monoisotopic (exact) mass is 193 g/mol. The number of H-pyrrole nitrogens is 1. The third-order valence-corrected chi connectivity index (χ3v) is 1.69. The number of carboxylic acids is 1. The first kappa shape index (κ1) is 8.49. The van der Waals surface area contributed by atoms with E-state index in [-0.39, 0.29) is 5.76 Å². The minimum absolute atomic E-state index is 0.194. The molecule has 0 aliphatic rings. The van der Waals surface area contributed by atoms with E-state index < -0.39 is 5.97 Å². The van der Waals surface area contributed by atoms with Crippen LogP contribution in [-0.2, 0) is 0 Å². The van der Waals surface area contributed by atoms with Gasteiger partial charge in [0.05, 0.1) is 0 Å². The number of nitrogens with one attached hydrogen (secondary N) is 1. The van der Waals surface area contributed by atoms with E-state index in [1.165, 1.54) is 6.07 Å². The molecule has 2 aromatic rings. The number of aromatic carboxylic acids is 1. The summed E-state index contributed by atoms with van der Waals surface area (Å²) in [5, 5.41) is 18.8. The van der Waals surface area contributed by atoms with Crippen LogP contribution in [0.15, 0.2) is 16.7 Å². The van der Waals surface area contributed by atoms with E-state index in [1.807, 2.05) is 6.92 Å². The molecule has 0 saturated carbocycles. The van der Waals surface area contributed by atoms with Crippen LogP contribution in [0.25, 0.3) is 11.4 Å². The van der Waals surface area contributed by atoms with Crippen LogP contribution >= 0.6 is 0 Å². The van der Waals surface area contributed by atoms with E-state index in [9.17, 15) is 4.79 Å². The summed E-state index contributed by atoms with van der Waals surface area (Å²) in [7, 11) is 0. The number of aromatic nitrogens is 3. The normalized spacial score (nSPS) is 10.4. The van der Waals surface area contributed by atoms with Gasteiger partial charge in [-0.3, -0.25) is 5.10 Å². The molecule has 6 nitrogen and oxygen atoms in total. The molecule has 2 aromatic heterocycles. The highest BCUT2D eigenvalue weighted by Crippen LogP contribution is 2.17. The van der Waals surface area contributed by atoms with Crippen molar-refractivity contribution in [2.45, 2.75) is 6.92 Å². The number of aryl methyl sites for hydroxylation is 1. The molecule has 0 saturated heterocycles. The van der Waals surface area contributed by atoms with Gasteiger partial charge in [0, 0.05) is 11.8 Å². The Morgan fingerprint density at radius 1 is 1.50 bits per heavy atom. The molecule has 0 unspecified atom stereocenters. The Hall–Kier alpha value is -2.11. The highest BCUT2D eigenvalue weighted by molar-refractivity contribution is 5.85. The lowest BCUT2D eigenvalue weighted by atomic mass is 10.3. The zero-order chi connectivity index (χ0) is 10.1. The molecule has 0 spiro atoms. The van der Waals surface area contributed by atoms with Gasteiger partial charge >= 0.3 is 5.97 Å². The predicted molar refractivity (Wildman–Crippen MR) is 45.8 cm³/mol. The standard InChI is InChI=1S/C8H7N3O3/c1-4-2-5(10-9-4)6-3-7(8(12)13)14-11-6/h2-3H,1H3,(H,9,10)(H,12,13). The van der Waals surface area contributed by atoms with Crippen molar-refractivity contribution in [1.82, 2.24) is 15.4 Å². The van der Waals surface area contributed by atoms with Crippen molar-refractivity contribution in [3.63, 3.8) is 0 Å². The summed E-state index contributed by atoms with van der Waals surface area (Å²) in [6, 6.07) is 3.08. The SMILES string of the molecule is Cc1cc(-c2cc(C(=O)O)on2)n[nH]1. The lowest BCUT2D eigenvalue weighted by Crippen LogP contribution is -1.91. The van der Waals surface area contributed by atoms with Crippen LogP contribution in [0.1, 0.15) is 16.2 Å². The number of rotatable bonds is 2. The molecule has 0 amide bonds. The minimum Gasteiger partial charge on any atom is -0.475 e. The Balaban J connectivity index is 2.38. The van der Waals surface area contributed by atoms with Crippen molar-refractivity contribution < 1.29 is 14.4 Å². The summed E-state index contributed by atoms with van der Waals surface area (Å²) in [6.45, 7) is 1.84. The van der Waals surface area contributed by atoms with Gasteiger partial charge in [0.1, 0.15) is 11.4 Å². The van der Waals surface area contributed by atoms with E-state index in [2.05, 4.69) is 19.9 Å². The summed E-state index contributed by atoms with van der Waals surface area (Å²) in [4.78, 5) is 10.5. The van der Waals surface area contributed by atoms with Crippen molar-refractivity contribution in [3.05, 3.63) is 23.6 Å². The zero-order valence-electron chi connectivity index (χ0n) is 7.31. The molecule has 72 valence electrons. The van der Waals surface area contributed by atoms with E-state index in [1.54, 1.807) is 6.07 Å². The minimum atomic E-state index is -1.14. The summed E-state index contributed by atoms with van der Waals surface area (Å²) in [5.41, 5.74) is 1.85. The van der Waals surface area contributed by atoms with Gasteiger partial charge in [0.25, 0.3) is 0 Å². The smallest absolute Gasteiger partial charge is 0.374 e. The summed E-state index contributed by atoms with van der Waals surface area (Å²) >= 11 is 0. The first-order chi connectivity index (χ1) is 6.66. The quantitative estimate of drug-likeness (QED) is 0.744. The van der Waals surface area contributed by atoms with E-state index in [0.717, 1.165) is 5.69 Å². The number of carboxylic acid groups (broad SMARTS) is 1. The van der Waals surface area contributed by atoms with E-state index >= 15 is 0 Å². The predicted octanol–water partition coefficient (Wildman–Crippen LogP) is 1.07. The first-order valence-corrected chi connectivity index (χ1v) is 3.89.